The van der Waals surface area contributed by atoms with Crippen LogP contribution in [0.5, 0.6) is 11.5 Å². The summed E-state index contributed by atoms with van der Waals surface area (Å²) in [6.45, 7) is 4.33. The van der Waals surface area contributed by atoms with Gasteiger partial charge in [0.15, 0.2) is 11.5 Å². The fraction of sp³-hybridized carbons (Fsp3) is 0.323. The fourth-order valence-electron chi connectivity index (χ4n) is 5.62. The summed E-state index contributed by atoms with van der Waals surface area (Å²) in [6.07, 6.45) is 1.39. The van der Waals surface area contributed by atoms with Crippen LogP contribution in [0.15, 0.2) is 66.7 Å². The van der Waals surface area contributed by atoms with Crippen LogP contribution >= 0.6 is 0 Å². The van der Waals surface area contributed by atoms with Gasteiger partial charge in [-0.1, -0.05) is 49.4 Å². The first-order valence-corrected chi connectivity index (χ1v) is 13.4. The molecule has 0 aromatic heterocycles. The zero-order valence-corrected chi connectivity index (χ0v) is 21.9. The Bertz CT molecular complexity index is 1410. The highest BCUT2D eigenvalue weighted by Crippen LogP contribution is 2.36. The lowest BCUT2D eigenvalue weighted by Gasteiger charge is -2.34. The van der Waals surface area contributed by atoms with E-state index in [1.165, 1.54) is 10.5 Å². The van der Waals surface area contributed by atoms with E-state index < -0.39 is 0 Å². The van der Waals surface area contributed by atoms with Crippen LogP contribution in [0, 0.1) is 5.92 Å². The van der Waals surface area contributed by atoms with E-state index in [-0.39, 0.29) is 42.9 Å². The number of ether oxygens (including phenoxy) is 2. The Morgan fingerprint density at radius 2 is 1.72 bits per heavy atom. The maximum atomic E-state index is 13.5. The molecule has 3 amide bonds. The van der Waals surface area contributed by atoms with Gasteiger partial charge in [-0.3, -0.25) is 19.3 Å². The number of carbonyl (C=O) groups excluding carboxylic acids is 3. The van der Waals surface area contributed by atoms with Gasteiger partial charge in [-0.05, 0) is 54.2 Å². The largest absolute Gasteiger partial charge is 0.454 e. The fourth-order valence-corrected chi connectivity index (χ4v) is 5.62. The zero-order chi connectivity index (χ0) is 26.9. The minimum Gasteiger partial charge on any atom is -0.454 e. The van der Waals surface area contributed by atoms with Crippen LogP contribution in [0.2, 0.25) is 0 Å². The first-order valence-electron chi connectivity index (χ1n) is 13.4. The number of nitrogens with zero attached hydrogens (tertiary/aromatic N) is 2. The van der Waals surface area contributed by atoms with Gasteiger partial charge in [-0.25, -0.2) is 0 Å². The molecule has 6 rings (SSSR count). The molecule has 8 nitrogen and oxygen atoms in total. The van der Waals surface area contributed by atoms with Crippen molar-refractivity contribution in [2.24, 2.45) is 5.92 Å². The smallest absolute Gasteiger partial charge is 0.263 e. The van der Waals surface area contributed by atoms with Crippen LogP contribution in [0.25, 0.3) is 0 Å². The van der Waals surface area contributed by atoms with Gasteiger partial charge in [0.05, 0.1) is 23.4 Å². The summed E-state index contributed by atoms with van der Waals surface area (Å²) < 4.78 is 10.8. The van der Waals surface area contributed by atoms with Crippen molar-refractivity contribution in [3.05, 3.63) is 89.0 Å². The third-order valence-corrected chi connectivity index (χ3v) is 7.91. The molecule has 0 saturated carbocycles. The second-order valence-corrected chi connectivity index (χ2v) is 10.4. The van der Waals surface area contributed by atoms with Crippen molar-refractivity contribution in [3.8, 4) is 11.5 Å². The molecule has 200 valence electrons. The van der Waals surface area contributed by atoms with Gasteiger partial charge in [0.2, 0.25) is 12.7 Å². The number of hydrogen-bond acceptors (Lipinski definition) is 6. The van der Waals surface area contributed by atoms with E-state index >= 15 is 0 Å². The average Bonchev–Trinajstić information content (AvgIpc) is 3.54. The van der Waals surface area contributed by atoms with E-state index in [0.29, 0.717) is 55.1 Å². The molecule has 8 heteroatoms. The number of nitrogens with one attached hydrogen (secondary N) is 1. The van der Waals surface area contributed by atoms with Crippen molar-refractivity contribution < 1.29 is 23.9 Å². The van der Waals surface area contributed by atoms with E-state index in [1.54, 1.807) is 12.1 Å². The number of fused-ring (bicyclic) bond motifs is 2. The topological polar surface area (TPSA) is 88.2 Å². The number of anilines is 1. The van der Waals surface area contributed by atoms with Gasteiger partial charge in [0.1, 0.15) is 0 Å². The first kappa shape index (κ1) is 25.0. The zero-order valence-electron chi connectivity index (χ0n) is 21.9. The number of rotatable bonds is 7. The van der Waals surface area contributed by atoms with Crippen molar-refractivity contribution in [3.63, 3.8) is 0 Å². The normalized spacial score (nSPS) is 17.4. The minimum absolute atomic E-state index is 0.0687. The van der Waals surface area contributed by atoms with E-state index in [2.05, 4.69) is 29.3 Å². The summed E-state index contributed by atoms with van der Waals surface area (Å²) in [5, 5.41) is 3.12. The van der Waals surface area contributed by atoms with Crippen molar-refractivity contribution >= 4 is 23.4 Å². The Kier molecular flexibility index (Phi) is 6.69. The molecule has 39 heavy (non-hydrogen) atoms. The third kappa shape index (κ3) is 4.82. The third-order valence-electron chi connectivity index (χ3n) is 7.91. The van der Waals surface area contributed by atoms with Crippen LogP contribution in [0.4, 0.5) is 5.69 Å². The molecule has 0 spiro atoms. The standard InChI is InChI=1S/C31H31N3O5/c1-20(22-6-3-2-4-7-22)17-32-29(35)23-12-14-33(15-13-23)25-9-5-8-24-28(25)31(37)34(30(24)36)18-21-10-11-26-27(16-21)39-19-38-26/h2-11,16,20,23H,12-15,17-19H2,1H3,(H,32,35). The SMILES string of the molecule is CC(CNC(=O)C1CCN(c2cccc3c2C(=O)N(Cc2ccc4c(c2)OCO4)C3=O)CC1)c1ccccc1. The highest BCUT2D eigenvalue weighted by atomic mass is 16.7. The minimum atomic E-state index is -0.295. The van der Waals surface area contributed by atoms with Gasteiger partial charge in [-0.2, -0.15) is 0 Å². The molecule has 3 aromatic carbocycles. The maximum absolute atomic E-state index is 13.5. The summed E-state index contributed by atoms with van der Waals surface area (Å²) in [4.78, 5) is 43.0. The Balaban J connectivity index is 1.09. The number of imide groups is 1. The monoisotopic (exact) mass is 525 g/mol. The Labute approximate surface area is 227 Å². The summed E-state index contributed by atoms with van der Waals surface area (Å²) in [6, 6.07) is 21.1. The molecule has 3 aromatic rings. The highest BCUT2D eigenvalue weighted by molar-refractivity contribution is 6.23. The number of piperidine rings is 1. The van der Waals surface area contributed by atoms with Gasteiger partial charge in [0.25, 0.3) is 11.8 Å². The molecule has 0 aliphatic carbocycles. The van der Waals surface area contributed by atoms with E-state index in [9.17, 15) is 14.4 Å². The molecule has 1 fully saturated rings. The lowest BCUT2D eigenvalue weighted by molar-refractivity contribution is -0.125. The van der Waals surface area contributed by atoms with Crippen molar-refractivity contribution in [1.29, 1.82) is 0 Å². The molecule has 1 saturated heterocycles. The molecule has 3 heterocycles. The lowest BCUT2D eigenvalue weighted by atomic mass is 9.94. The summed E-state index contributed by atoms with van der Waals surface area (Å²) in [5.41, 5.74) is 3.63. The number of benzene rings is 3. The summed E-state index contributed by atoms with van der Waals surface area (Å²) >= 11 is 0. The molecule has 1 atom stereocenters. The van der Waals surface area contributed by atoms with E-state index in [0.717, 1.165) is 11.3 Å². The van der Waals surface area contributed by atoms with Gasteiger partial charge < -0.3 is 19.7 Å². The predicted molar refractivity (Wildman–Crippen MR) is 146 cm³/mol. The van der Waals surface area contributed by atoms with Crippen molar-refractivity contribution in [2.45, 2.75) is 32.2 Å². The van der Waals surface area contributed by atoms with Crippen LogP contribution in [0.1, 0.15) is 57.5 Å². The van der Waals surface area contributed by atoms with Gasteiger partial charge >= 0.3 is 0 Å². The number of amides is 3. The van der Waals surface area contributed by atoms with Crippen molar-refractivity contribution in [2.75, 3.05) is 31.3 Å². The number of hydrogen-bond donors (Lipinski definition) is 1. The second-order valence-electron chi connectivity index (χ2n) is 10.4. The van der Waals surface area contributed by atoms with Gasteiger partial charge in [-0.15, -0.1) is 0 Å². The highest BCUT2D eigenvalue weighted by Gasteiger charge is 2.39. The summed E-state index contributed by atoms with van der Waals surface area (Å²) in [7, 11) is 0. The Hall–Kier alpha value is -4.33. The predicted octanol–water partition coefficient (Wildman–Crippen LogP) is 4.35. The Morgan fingerprint density at radius 1 is 0.949 bits per heavy atom. The molecule has 0 bridgehead atoms. The average molecular weight is 526 g/mol. The van der Waals surface area contributed by atoms with E-state index in [4.69, 9.17) is 9.47 Å². The summed E-state index contributed by atoms with van der Waals surface area (Å²) in [5.74, 6) is 0.941. The van der Waals surface area contributed by atoms with Crippen LogP contribution < -0.4 is 19.7 Å². The molecule has 1 N–H and O–H groups in total. The first-order chi connectivity index (χ1) is 19.0. The molecule has 0 radical (unpaired) electrons. The molecule has 3 aliphatic heterocycles. The molecule has 1 unspecified atom stereocenters. The van der Waals surface area contributed by atoms with Crippen molar-refractivity contribution in [1.82, 2.24) is 10.2 Å². The maximum Gasteiger partial charge on any atom is 0.263 e. The van der Waals surface area contributed by atoms with E-state index in [1.807, 2.05) is 42.5 Å². The van der Waals surface area contributed by atoms with Gasteiger partial charge in [0, 0.05) is 25.6 Å². The Morgan fingerprint density at radius 3 is 2.51 bits per heavy atom. The van der Waals surface area contributed by atoms with Crippen LogP contribution in [-0.2, 0) is 11.3 Å². The molecular formula is C31H31N3O5. The molecule has 3 aliphatic rings. The molecular weight excluding hydrogens is 494 g/mol. The number of carbonyl (C=O) groups is 3. The van der Waals surface area contributed by atoms with Crippen LogP contribution in [0.3, 0.4) is 0 Å². The van der Waals surface area contributed by atoms with Crippen LogP contribution in [-0.4, -0.2) is 49.0 Å². The second kappa shape index (κ2) is 10.4. The lowest BCUT2D eigenvalue weighted by Crippen LogP contribution is -2.41. The quantitative estimate of drug-likeness (QED) is 0.462.